The van der Waals surface area contributed by atoms with Crippen molar-refractivity contribution in [3.05, 3.63) is 77.3 Å². The molecule has 0 radical (unpaired) electrons. The van der Waals surface area contributed by atoms with Gasteiger partial charge in [0.1, 0.15) is 12.4 Å². The van der Waals surface area contributed by atoms with Crippen molar-refractivity contribution in [2.24, 2.45) is 4.99 Å². The molecule has 1 aromatic heterocycles. The van der Waals surface area contributed by atoms with Gasteiger partial charge in [0.15, 0.2) is 11.6 Å². The van der Waals surface area contributed by atoms with E-state index >= 15 is 0 Å². The van der Waals surface area contributed by atoms with Crippen molar-refractivity contribution in [1.29, 1.82) is 5.41 Å². The number of halogens is 1. The maximum atomic E-state index is 13.4. The van der Waals surface area contributed by atoms with Gasteiger partial charge < -0.3 is 14.7 Å². The standard InChI is InChI=1S/C24H23FN6OS/c1-16-14-29(15-28-16)21-7-2-17(20(13-26)23(21)33)12-22-24-27-8-9-30(31(24)10-11-32-22)19-5-3-18(25)4-6-19/h2-7,12-15,26,33H,8-11H2,1H3/b22-12-,26-13?. The third-order valence-electron chi connectivity index (χ3n) is 5.67. The van der Waals surface area contributed by atoms with Crippen LogP contribution in [0.3, 0.4) is 0 Å². The number of aliphatic imine (C=N–C) groups is 1. The van der Waals surface area contributed by atoms with E-state index in [2.05, 4.69) is 15.0 Å². The van der Waals surface area contributed by atoms with Crippen LogP contribution in [0, 0.1) is 18.2 Å². The number of amidine groups is 1. The number of thiol groups is 1. The molecule has 0 saturated carbocycles. The predicted molar refractivity (Wildman–Crippen MR) is 130 cm³/mol. The summed E-state index contributed by atoms with van der Waals surface area (Å²) in [4.78, 5) is 9.68. The van der Waals surface area contributed by atoms with Crippen molar-refractivity contribution in [2.75, 3.05) is 31.3 Å². The third kappa shape index (κ3) is 4.00. The molecule has 2 aliphatic rings. The molecule has 0 unspecified atom stereocenters. The Labute approximate surface area is 196 Å². The lowest BCUT2D eigenvalue weighted by molar-refractivity contribution is 0.160. The van der Waals surface area contributed by atoms with Gasteiger partial charge in [-0.2, -0.15) is 0 Å². The monoisotopic (exact) mass is 462 g/mol. The second kappa shape index (κ2) is 8.74. The SMILES string of the molecule is Cc1cn(-c2ccc(/C=C3\OCCN4C3=NCCN4c3ccc(F)cc3)c(C=N)c2S)cn1. The van der Waals surface area contributed by atoms with Gasteiger partial charge in [-0.1, -0.05) is 6.07 Å². The molecule has 7 nitrogen and oxygen atoms in total. The maximum Gasteiger partial charge on any atom is 0.185 e. The molecule has 1 N–H and O–H groups in total. The number of morpholine rings is 1. The van der Waals surface area contributed by atoms with Crippen LogP contribution < -0.4 is 5.01 Å². The Kier molecular flexibility index (Phi) is 5.63. The van der Waals surface area contributed by atoms with Gasteiger partial charge in [0.2, 0.25) is 0 Å². The van der Waals surface area contributed by atoms with E-state index in [1.54, 1.807) is 18.5 Å². The Bertz CT molecular complexity index is 1270. The highest BCUT2D eigenvalue weighted by Gasteiger charge is 2.31. The van der Waals surface area contributed by atoms with E-state index in [1.807, 2.05) is 35.9 Å². The zero-order valence-corrected chi connectivity index (χ0v) is 19.0. The second-order valence-electron chi connectivity index (χ2n) is 7.79. The highest BCUT2D eigenvalue weighted by molar-refractivity contribution is 7.80. The summed E-state index contributed by atoms with van der Waals surface area (Å²) < 4.78 is 21.3. The summed E-state index contributed by atoms with van der Waals surface area (Å²) in [6.45, 7) is 4.35. The van der Waals surface area contributed by atoms with Crippen molar-refractivity contribution >= 4 is 36.4 Å². The normalized spacial score (nSPS) is 16.9. The number of rotatable bonds is 4. The second-order valence-corrected chi connectivity index (χ2v) is 8.24. The number of benzene rings is 2. The van der Waals surface area contributed by atoms with Gasteiger partial charge in [-0.3, -0.25) is 15.0 Å². The van der Waals surface area contributed by atoms with Gasteiger partial charge in [-0.15, -0.1) is 12.6 Å². The number of hydrogen-bond acceptors (Lipinski definition) is 7. The number of nitrogens with one attached hydrogen (secondary N) is 1. The van der Waals surface area contributed by atoms with E-state index in [-0.39, 0.29) is 5.82 Å². The molecule has 5 rings (SSSR count). The number of ether oxygens (including phenoxy) is 1. The molecule has 1 saturated heterocycles. The average Bonchev–Trinajstić information content (AvgIpc) is 3.26. The number of anilines is 1. The molecule has 0 atom stereocenters. The molecule has 2 aromatic carbocycles. The van der Waals surface area contributed by atoms with Crippen LogP contribution in [0.15, 0.2) is 64.6 Å². The number of hydrazine groups is 1. The molecule has 0 spiro atoms. The molecule has 2 aliphatic heterocycles. The van der Waals surface area contributed by atoms with Crippen LogP contribution in [0.2, 0.25) is 0 Å². The first-order valence-electron chi connectivity index (χ1n) is 10.6. The van der Waals surface area contributed by atoms with Gasteiger partial charge in [0.05, 0.1) is 43.0 Å². The van der Waals surface area contributed by atoms with E-state index in [4.69, 9.17) is 27.8 Å². The highest BCUT2D eigenvalue weighted by atomic mass is 32.1. The van der Waals surface area contributed by atoms with Crippen LogP contribution in [0.25, 0.3) is 11.8 Å². The smallest absolute Gasteiger partial charge is 0.185 e. The Hall–Kier alpha value is -3.59. The molecule has 0 bridgehead atoms. The molecular formula is C24H23FN6OS. The molecule has 0 aliphatic carbocycles. The Morgan fingerprint density at radius 1 is 1.12 bits per heavy atom. The predicted octanol–water partition coefficient (Wildman–Crippen LogP) is 4.11. The van der Waals surface area contributed by atoms with E-state index in [1.165, 1.54) is 18.3 Å². The number of aromatic nitrogens is 2. The van der Waals surface area contributed by atoms with Crippen LogP contribution in [0.5, 0.6) is 0 Å². The molecule has 33 heavy (non-hydrogen) atoms. The van der Waals surface area contributed by atoms with Gasteiger partial charge >= 0.3 is 0 Å². The molecule has 1 fully saturated rings. The highest BCUT2D eigenvalue weighted by Crippen LogP contribution is 2.29. The van der Waals surface area contributed by atoms with Crippen LogP contribution in [-0.2, 0) is 4.74 Å². The summed E-state index contributed by atoms with van der Waals surface area (Å²) in [6, 6.07) is 10.4. The average molecular weight is 463 g/mol. The lowest BCUT2D eigenvalue weighted by Gasteiger charge is -2.43. The van der Waals surface area contributed by atoms with Crippen molar-refractivity contribution in [3.63, 3.8) is 0 Å². The number of nitrogens with zero attached hydrogens (tertiary/aromatic N) is 5. The molecule has 0 amide bonds. The number of hydrogen-bond donors (Lipinski definition) is 2. The van der Waals surface area contributed by atoms with Crippen molar-refractivity contribution in [1.82, 2.24) is 14.6 Å². The first kappa shape index (κ1) is 21.3. The van der Waals surface area contributed by atoms with Gasteiger partial charge in [-0.25, -0.2) is 9.37 Å². The van der Waals surface area contributed by atoms with E-state index in [0.717, 1.165) is 28.5 Å². The van der Waals surface area contributed by atoms with Crippen molar-refractivity contribution in [2.45, 2.75) is 11.8 Å². The minimum atomic E-state index is -0.261. The molecule has 168 valence electrons. The summed E-state index contributed by atoms with van der Waals surface area (Å²) in [5.74, 6) is 1.10. The summed E-state index contributed by atoms with van der Waals surface area (Å²) >= 11 is 4.71. The summed E-state index contributed by atoms with van der Waals surface area (Å²) in [5.41, 5.74) is 4.16. The Morgan fingerprint density at radius 3 is 2.67 bits per heavy atom. The fourth-order valence-corrected chi connectivity index (χ4v) is 4.47. The number of aryl methyl sites for hydroxylation is 1. The van der Waals surface area contributed by atoms with Crippen molar-refractivity contribution < 1.29 is 9.13 Å². The molecule has 9 heteroatoms. The van der Waals surface area contributed by atoms with Crippen LogP contribution in [0.1, 0.15) is 16.8 Å². The zero-order valence-electron chi connectivity index (χ0n) is 18.1. The molecule has 3 aromatic rings. The first-order valence-corrected chi connectivity index (χ1v) is 11.1. The molecular weight excluding hydrogens is 439 g/mol. The van der Waals surface area contributed by atoms with Gasteiger partial charge in [0.25, 0.3) is 0 Å². The van der Waals surface area contributed by atoms with E-state index in [0.29, 0.717) is 42.5 Å². The fourth-order valence-electron chi connectivity index (χ4n) is 4.09. The largest absolute Gasteiger partial charge is 0.488 e. The number of fused-ring (bicyclic) bond motifs is 1. The minimum absolute atomic E-state index is 0.261. The quantitative estimate of drug-likeness (QED) is 0.452. The number of imidazole rings is 1. The van der Waals surface area contributed by atoms with Crippen LogP contribution in [-0.4, -0.2) is 52.9 Å². The lowest BCUT2D eigenvalue weighted by Crippen LogP contribution is -2.55. The van der Waals surface area contributed by atoms with E-state index in [9.17, 15) is 4.39 Å². The summed E-state index contributed by atoms with van der Waals surface area (Å²) in [5, 5.41) is 12.2. The third-order valence-corrected chi connectivity index (χ3v) is 6.14. The van der Waals surface area contributed by atoms with Crippen LogP contribution >= 0.6 is 12.6 Å². The maximum absolute atomic E-state index is 13.4. The first-order chi connectivity index (χ1) is 16.0. The van der Waals surface area contributed by atoms with Crippen molar-refractivity contribution in [3.8, 4) is 5.69 Å². The molecule has 3 heterocycles. The zero-order chi connectivity index (χ0) is 22.9. The van der Waals surface area contributed by atoms with Crippen LogP contribution in [0.4, 0.5) is 10.1 Å². The van der Waals surface area contributed by atoms with E-state index < -0.39 is 0 Å². The summed E-state index contributed by atoms with van der Waals surface area (Å²) in [6.07, 6.45) is 6.86. The van der Waals surface area contributed by atoms with Gasteiger partial charge in [0, 0.05) is 22.9 Å². The fraction of sp³-hybridized carbons (Fsp3) is 0.208. The Morgan fingerprint density at radius 2 is 1.94 bits per heavy atom. The summed E-state index contributed by atoms with van der Waals surface area (Å²) in [7, 11) is 0. The Balaban J connectivity index is 1.50. The lowest BCUT2D eigenvalue weighted by atomic mass is 10.1. The van der Waals surface area contributed by atoms with Gasteiger partial charge in [-0.05, 0) is 48.9 Å². The minimum Gasteiger partial charge on any atom is -0.488 e. The topological polar surface area (TPSA) is 69.7 Å².